The van der Waals surface area contributed by atoms with Gasteiger partial charge in [0.05, 0.1) is 0 Å². The molecule has 0 radical (unpaired) electrons. The van der Waals surface area contributed by atoms with Gasteiger partial charge in [0, 0.05) is 0 Å². The van der Waals surface area contributed by atoms with Crippen LogP contribution in [0.2, 0.25) is 0 Å². The van der Waals surface area contributed by atoms with Crippen molar-refractivity contribution in [1.29, 1.82) is 0 Å². The monoisotopic (exact) mass is 202 g/mol. The summed E-state index contributed by atoms with van der Waals surface area (Å²) < 4.78 is 0. The molecule has 0 saturated heterocycles. The molecule has 0 heterocycles. The van der Waals surface area contributed by atoms with Gasteiger partial charge in [0.1, 0.15) is 0 Å². The molecule has 1 aromatic rings. The predicted molar refractivity (Wildman–Crippen MR) is 66.1 cm³/mol. The van der Waals surface area contributed by atoms with Crippen LogP contribution in [0.25, 0.3) is 0 Å². The van der Waals surface area contributed by atoms with Crippen LogP contribution in [0.1, 0.15) is 50.2 Å². The van der Waals surface area contributed by atoms with Gasteiger partial charge in [-0.3, -0.25) is 0 Å². The fraction of sp³-hybridized carbons (Fsp3) is 0.600. The molecule has 1 fully saturated rings. The smallest absolute Gasteiger partial charge is 0.0222 e. The summed E-state index contributed by atoms with van der Waals surface area (Å²) >= 11 is 0. The van der Waals surface area contributed by atoms with Crippen molar-refractivity contribution in [3.8, 4) is 0 Å². The molecule has 0 aliphatic heterocycles. The lowest BCUT2D eigenvalue weighted by molar-refractivity contribution is 0.118. The summed E-state index contributed by atoms with van der Waals surface area (Å²) in [5.74, 6) is 0. The van der Waals surface area contributed by atoms with Gasteiger partial charge in [0.25, 0.3) is 0 Å². The Morgan fingerprint density at radius 2 is 2.07 bits per heavy atom. The van der Waals surface area contributed by atoms with Crippen LogP contribution < -0.4 is 0 Å². The third kappa shape index (κ3) is 2.42. The van der Waals surface area contributed by atoms with Gasteiger partial charge in [0.2, 0.25) is 0 Å². The van der Waals surface area contributed by atoms with Crippen LogP contribution in [-0.4, -0.2) is 0 Å². The number of aryl methyl sites for hydroxylation is 1. The first-order valence-corrected chi connectivity index (χ1v) is 6.30. The summed E-state index contributed by atoms with van der Waals surface area (Å²) in [6, 6.07) is 9.04. The summed E-state index contributed by atoms with van der Waals surface area (Å²) in [5, 5.41) is 0. The third-order valence-electron chi connectivity index (χ3n) is 3.86. The van der Waals surface area contributed by atoms with Crippen LogP contribution in [0.3, 0.4) is 0 Å². The van der Waals surface area contributed by atoms with Crippen LogP contribution in [-0.2, 0) is 6.42 Å². The van der Waals surface area contributed by atoms with Gasteiger partial charge in [-0.15, -0.1) is 0 Å². The first kappa shape index (κ1) is 10.7. The lowest BCUT2D eigenvalue weighted by atomic mass is 9.63. The normalized spacial score (nSPS) is 18.5. The third-order valence-corrected chi connectivity index (χ3v) is 3.86. The Bertz CT molecular complexity index is 321. The second-order valence-corrected chi connectivity index (χ2v) is 5.27. The Hall–Kier alpha value is -0.780. The van der Waals surface area contributed by atoms with Gasteiger partial charge in [-0.1, -0.05) is 49.6 Å². The van der Waals surface area contributed by atoms with Crippen molar-refractivity contribution in [2.24, 2.45) is 5.41 Å². The van der Waals surface area contributed by atoms with Gasteiger partial charge in [-0.2, -0.15) is 0 Å². The minimum absolute atomic E-state index is 0.669. The van der Waals surface area contributed by atoms with Crippen molar-refractivity contribution in [3.63, 3.8) is 0 Å². The van der Waals surface area contributed by atoms with E-state index in [9.17, 15) is 0 Å². The van der Waals surface area contributed by atoms with E-state index in [-0.39, 0.29) is 0 Å². The highest BCUT2D eigenvalue weighted by molar-refractivity contribution is 5.23. The molecule has 0 spiro atoms. The highest BCUT2D eigenvalue weighted by Gasteiger charge is 2.35. The largest absolute Gasteiger partial charge is 0.0654 e. The molecule has 1 aromatic carbocycles. The standard InChI is InChI=1S/C15H22/c1-3-8-15(9-5-10-15)12-14-7-4-6-13(2)11-14/h4,6-7,11H,3,5,8-10,12H2,1-2H3. The molecule has 0 unspecified atom stereocenters. The highest BCUT2D eigenvalue weighted by Crippen LogP contribution is 2.47. The Kier molecular flexibility index (Phi) is 3.14. The van der Waals surface area contributed by atoms with E-state index < -0.39 is 0 Å². The van der Waals surface area contributed by atoms with Crippen molar-refractivity contribution in [2.45, 2.75) is 52.4 Å². The summed E-state index contributed by atoms with van der Waals surface area (Å²) in [4.78, 5) is 0. The van der Waals surface area contributed by atoms with Crippen molar-refractivity contribution < 1.29 is 0 Å². The molecule has 1 aliphatic rings. The second kappa shape index (κ2) is 4.38. The van der Waals surface area contributed by atoms with Gasteiger partial charge in [-0.05, 0) is 43.6 Å². The lowest BCUT2D eigenvalue weighted by Gasteiger charge is -2.42. The molecule has 0 heteroatoms. The van der Waals surface area contributed by atoms with Crippen molar-refractivity contribution in [3.05, 3.63) is 35.4 Å². The summed E-state index contributed by atoms with van der Waals surface area (Å²) in [6.07, 6.45) is 8.42. The molecule has 2 rings (SSSR count). The predicted octanol–water partition coefficient (Wildman–Crippen LogP) is 4.51. The molecule has 15 heavy (non-hydrogen) atoms. The lowest BCUT2D eigenvalue weighted by Crippen LogP contribution is -2.31. The van der Waals surface area contributed by atoms with Crippen molar-refractivity contribution in [2.75, 3.05) is 0 Å². The molecule has 0 amide bonds. The van der Waals surface area contributed by atoms with E-state index in [0.29, 0.717) is 5.41 Å². The first-order valence-electron chi connectivity index (χ1n) is 6.30. The zero-order valence-corrected chi connectivity index (χ0v) is 10.1. The average molecular weight is 202 g/mol. The summed E-state index contributed by atoms with van der Waals surface area (Å²) in [5.41, 5.74) is 3.62. The molecule has 0 atom stereocenters. The van der Waals surface area contributed by atoms with E-state index in [1.807, 2.05) is 0 Å². The molecule has 0 bridgehead atoms. The molecule has 1 saturated carbocycles. The SMILES string of the molecule is CCCC1(Cc2cccc(C)c2)CCC1. The first-order chi connectivity index (χ1) is 7.24. The maximum absolute atomic E-state index is 2.36. The van der Waals surface area contributed by atoms with Gasteiger partial charge in [-0.25, -0.2) is 0 Å². The Morgan fingerprint density at radius 1 is 1.27 bits per heavy atom. The van der Waals surface area contributed by atoms with E-state index in [1.165, 1.54) is 44.1 Å². The van der Waals surface area contributed by atoms with Crippen LogP contribution in [0.5, 0.6) is 0 Å². The van der Waals surface area contributed by atoms with Crippen molar-refractivity contribution in [1.82, 2.24) is 0 Å². The number of hydrogen-bond acceptors (Lipinski definition) is 0. The van der Waals surface area contributed by atoms with Crippen LogP contribution in [0, 0.1) is 12.3 Å². The number of rotatable bonds is 4. The van der Waals surface area contributed by atoms with E-state index in [4.69, 9.17) is 0 Å². The second-order valence-electron chi connectivity index (χ2n) is 5.27. The average Bonchev–Trinajstić information content (AvgIpc) is 2.15. The van der Waals surface area contributed by atoms with E-state index in [1.54, 1.807) is 5.56 Å². The topological polar surface area (TPSA) is 0 Å². The molecule has 0 N–H and O–H groups in total. The van der Waals surface area contributed by atoms with Crippen molar-refractivity contribution >= 4 is 0 Å². The van der Waals surface area contributed by atoms with E-state index >= 15 is 0 Å². The highest BCUT2D eigenvalue weighted by atomic mass is 14.4. The zero-order chi connectivity index (χ0) is 10.7. The fourth-order valence-electron chi connectivity index (χ4n) is 2.98. The van der Waals surface area contributed by atoms with Crippen LogP contribution >= 0.6 is 0 Å². The van der Waals surface area contributed by atoms with E-state index in [0.717, 1.165) is 0 Å². The molecule has 0 nitrogen and oxygen atoms in total. The summed E-state index contributed by atoms with van der Waals surface area (Å²) in [7, 11) is 0. The van der Waals surface area contributed by atoms with Crippen LogP contribution in [0.4, 0.5) is 0 Å². The molecule has 0 aromatic heterocycles. The number of benzene rings is 1. The molecule has 1 aliphatic carbocycles. The Labute approximate surface area is 93.7 Å². The minimum Gasteiger partial charge on any atom is -0.0654 e. The maximum atomic E-state index is 2.36. The summed E-state index contributed by atoms with van der Waals surface area (Å²) in [6.45, 7) is 4.51. The quantitative estimate of drug-likeness (QED) is 0.674. The Balaban J connectivity index is 2.06. The fourth-order valence-corrected chi connectivity index (χ4v) is 2.98. The van der Waals surface area contributed by atoms with Gasteiger partial charge in [0.15, 0.2) is 0 Å². The van der Waals surface area contributed by atoms with Gasteiger partial charge < -0.3 is 0 Å². The molecular weight excluding hydrogens is 180 g/mol. The maximum Gasteiger partial charge on any atom is -0.0222 e. The van der Waals surface area contributed by atoms with Crippen LogP contribution in [0.15, 0.2) is 24.3 Å². The minimum atomic E-state index is 0.669. The number of hydrogen-bond donors (Lipinski definition) is 0. The molecule has 82 valence electrons. The van der Waals surface area contributed by atoms with E-state index in [2.05, 4.69) is 38.1 Å². The molecular formula is C15H22. The van der Waals surface area contributed by atoms with Gasteiger partial charge >= 0.3 is 0 Å². The zero-order valence-electron chi connectivity index (χ0n) is 10.1. The Morgan fingerprint density at radius 3 is 2.60 bits per heavy atom.